The first-order valence-electron chi connectivity index (χ1n) is 6.61. The largest absolute Gasteiger partial charge is 0.390 e. The van der Waals surface area contributed by atoms with Crippen LogP contribution < -0.4 is 0 Å². The van der Waals surface area contributed by atoms with Crippen molar-refractivity contribution in [2.24, 2.45) is 5.92 Å². The Balaban J connectivity index is 1.84. The molecule has 3 rings (SSSR count). The summed E-state index contributed by atoms with van der Waals surface area (Å²) in [6, 6.07) is 7.90. The zero-order valence-corrected chi connectivity index (χ0v) is 14.5. The molecule has 0 saturated carbocycles. The van der Waals surface area contributed by atoms with Gasteiger partial charge in [-0.2, -0.15) is 0 Å². The Hall–Kier alpha value is -0.0400. The molecule has 0 unspecified atom stereocenters. The first kappa shape index (κ1) is 15.8. The number of rotatable bonds is 3. The van der Waals surface area contributed by atoms with Gasteiger partial charge < -0.3 is 9.84 Å². The summed E-state index contributed by atoms with van der Waals surface area (Å²) in [6.45, 7) is 2.63. The van der Waals surface area contributed by atoms with E-state index in [9.17, 15) is 5.11 Å². The maximum atomic E-state index is 10.5. The molecule has 114 valence electrons. The molecule has 2 heterocycles. The Morgan fingerprint density at radius 3 is 2.95 bits per heavy atom. The highest BCUT2D eigenvalue weighted by molar-refractivity contribution is 8.04. The second-order valence-corrected chi connectivity index (χ2v) is 9.70. The van der Waals surface area contributed by atoms with Gasteiger partial charge in [-0.05, 0) is 25.5 Å². The van der Waals surface area contributed by atoms with Crippen molar-refractivity contribution in [1.29, 1.82) is 0 Å². The molecule has 2 atom stereocenters. The Bertz CT molecular complexity index is 612. The van der Waals surface area contributed by atoms with Crippen LogP contribution in [0.1, 0.15) is 13.3 Å². The van der Waals surface area contributed by atoms with Crippen LogP contribution in [0.3, 0.4) is 0 Å². The molecule has 1 saturated heterocycles. The molecular formula is C14H15Cl2NO2S2. The number of thioether (sulfide) groups is 1. The first-order valence-corrected chi connectivity index (χ1v) is 9.00. The number of hydrogen-bond donors (Lipinski definition) is 1. The van der Waals surface area contributed by atoms with Crippen molar-refractivity contribution < 1.29 is 9.84 Å². The fourth-order valence-corrected chi connectivity index (χ4v) is 6.05. The number of alkyl halides is 2. The average molecular weight is 364 g/mol. The van der Waals surface area contributed by atoms with E-state index in [0.717, 1.165) is 14.6 Å². The highest BCUT2D eigenvalue weighted by atomic mass is 35.5. The number of nitrogens with zero attached hydrogens (tertiary/aromatic N) is 1. The van der Waals surface area contributed by atoms with E-state index in [2.05, 4.69) is 4.98 Å². The van der Waals surface area contributed by atoms with Gasteiger partial charge in [0.05, 0.1) is 28.3 Å². The minimum atomic E-state index is -1.18. The Morgan fingerprint density at radius 2 is 2.24 bits per heavy atom. The molecule has 7 heteroatoms. The van der Waals surface area contributed by atoms with Gasteiger partial charge in [0.15, 0.2) is 8.01 Å². The number of para-hydroxylation sites is 1. The van der Waals surface area contributed by atoms with Crippen molar-refractivity contribution in [3.8, 4) is 0 Å². The van der Waals surface area contributed by atoms with Crippen LogP contribution in [0.5, 0.6) is 0 Å². The third-order valence-corrected chi connectivity index (χ3v) is 6.83. The minimum absolute atomic E-state index is 0.345. The van der Waals surface area contributed by atoms with E-state index in [1.54, 1.807) is 18.3 Å². The van der Waals surface area contributed by atoms with Crippen LogP contribution in [0.15, 0.2) is 28.6 Å². The number of halogens is 2. The molecular weight excluding hydrogens is 349 g/mol. The third kappa shape index (κ3) is 3.33. The van der Waals surface area contributed by atoms with E-state index in [-0.39, 0.29) is 5.92 Å². The molecule has 1 aliphatic heterocycles. The topological polar surface area (TPSA) is 42.4 Å². The number of hydrogen-bond acceptors (Lipinski definition) is 5. The number of aromatic nitrogens is 1. The van der Waals surface area contributed by atoms with E-state index in [4.69, 9.17) is 27.9 Å². The molecule has 1 aliphatic rings. The fraction of sp³-hybridized carbons (Fsp3) is 0.500. The average Bonchev–Trinajstić information content (AvgIpc) is 2.78. The number of aliphatic hydroxyl groups is 1. The van der Waals surface area contributed by atoms with Crippen molar-refractivity contribution in [2.75, 3.05) is 13.2 Å². The predicted molar refractivity (Wildman–Crippen MR) is 89.5 cm³/mol. The smallest absolute Gasteiger partial charge is 0.177 e. The van der Waals surface area contributed by atoms with Crippen LogP contribution in [0.25, 0.3) is 10.2 Å². The lowest BCUT2D eigenvalue weighted by atomic mass is 9.86. The van der Waals surface area contributed by atoms with Crippen LogP contribution in [0.2, 0.25) is 0 Å². The maximum absolute atomic E-state index is 10.5. The van der Waals surface area contributed by atoms with Crippen molar-refractivity contribution in [1.82, 2.24) is 4.98 Å². The molecule has 0 amide bonds. The Morgan fingerprint density at radius 1 is 1.48 bits per heavy atom. The highest BCUT2D eigenvalue weighted by Crippen LogP contribution is 2.52. The lowest BCUT2D eigenvalue weighted by molar-refractivity contribution is -0.0983. The fourth-order valence-electron chi connectivity index (χ4n) is 2.38. The van der Waals surface area contributed by atoms with Crippen molar-refractivity contribution in [3.05, 3.63) is 24.3 Å². The van der Waals surface area contributed by atoms with Crippen LogP contribution in [-0.2, 0) is 4.74 Å². The maximum Gasteiger partial charge on any atom is 0.177 e. The Labute approximate surface area is 141 Å². The van der Waals surface area contributed by atoms with E-state index >= 15 is 0 Å². The second kappa shape index (κ2) is 5.87. The summed E-state index contributed by atoms with van der Waals surface area (Å²) in [5, 5.41) is 10.5. The molecule has 1 aromatic heterocycles. The van der Waals surface area contributed by atoms with Gasteiger partial charge in [-0.25, -0.2) is 4.98 Å². The molecule has 0 bridgehead atoms. The Kier molecular flexibility index (Phi) is 4.43. The molecule has 0 aliphatic carbocycles. The van der Waals surface area contributed by atoms with Crippen molar-refractivity contribution in [2.45, 2.75) is 27.0 Å². The number of ether oxygens (including phenoxy) is 1. The summed E-state index contributed by atoms with van der Waals surface area (Å²) >= 11 is 15.9. The molecule has 1 fully saturated rings. The molecule has 0 spiro atoms. The summed E-state index contributed by atoms with van der Waals surface area (Å²) in [5.41, 5.74) is -0.00777. The summed E-state index contributed by atoms with van der Waals surface area (Å²) in [5.74, 6) is -0.376. The van der Waals surface area contributed by atoms with Gasteiger partial charge in [0, 0.05) is 6.61 Å². The van der Waals surface area contributed by atoms with Crippen LogP contribution in [0.4, 0.5) is 0 Å². The van der Waals surface area contributed by atoms with Gasteiger partial charge in [-0.1, -0.05) is 47.1 Å². The second-order valence-electron chi connectivity index (χ2n) is 5.35. The lowest BCUT2D eigenvalue weighted by Gasteiger charge is -2.42. The SMILES string of the molecule is C[C@@]1(O)CCOC[C@H]1C(Cl)(Cl)Sc1nc2ccccc2s1. The van der Waals surface area contributed by atoms with E-state index < -0.39 is 9.27 Å². The number of thiazole rings is 1. The van der Waals surface area contributed by atoms with Gasteiger partial charge in [0.25, 0.3) is 0 Å². The molecule has 1 aromatic carbocycles. The first-order chi connectivity index (χ1) is 9.88. The predicted octanol–water partition coefficient (Wildman–Crippen LogP) is 4.31. The van der Waals surface area contributed by atoms with Gasteiger partial charge in [0.1, 0.15) is 0 Å². The molecule has 0 radical (unpaired) electrons. The van der Waals surface area contributed by atoms with Crippen molar-refractivity contribution >= 4 is 56.5 Å². The van der Waals surface area contributed by atoms with Crippen molar-refractivity contribution in [3.63, 3.8) is 0 Å². The summed E-state index contributed by atoms with van der Waals surface area (Å²) < 4.78 is 6.15. The molecule has 3 nitrogen and oxygen atoms in total. The summed E-state index contributed by atoms with van der Waals surface area (Å²) in [6.07, 6.45) is 0.527. The lowest BCUT2D eigenvalue weighted by Crippen LogP contribution is -2.49. The highest BCUT2D eigenvalue weighted by Gasteiger charge is 2.49. The summed E-state index contributed by atoms with van der Waals surface area (Å²) in [7, 11) is 0. The van der Waals surface area contributed by atoms with E-state index in [1.165, 1.54) is 11.8 Å². The normalized spacial score (nSPS) is 27.1. The summed E-state index contributed by atoms with van der Waals surface area (Å²) in [4.78, 5) is 4.53. The van der Waals surface area contributed by atoms with Gasteiger partial charge >= 0.3 is 0 Å². The van der Waals surface area contributed by atoms with E-state index in [0.29, 0.717) is 19.6 Å². The number of fused-ring (bicyclic) bond motifs is 1. The molecule has 2 aromatic rings. The van der Waals surface area contributed by atoms with Crippen LogP contribution in [0, 0.1) is 5.92 Å². The molecule has 1 N–H and O–H groups in total. The zero-order chi connectivity index (χ0) is 15.1. The van der Waals surface area contributed by atoms with Crippen LogP contribution >= 0.6 is 46.3 Å². The minimum Gasteiger partial charge on any atom is -0.390 e. The van der Waals surface area contributed by atoms with E-state index in [1.807, 2.05) is 24.3 Å². The third-order valence-electron chi connectivity index (χ3n) is 3.69. The standard InChI is InChI=1S/C14H15Cl2NO2S2/c1-13(18)6-7-19-8-11(13)14(15,16)21-12-17-9-4-2-3-5-10(9)20-12/h2-5,11,18H,6-8H2,1H3/t11-,13-/m1/s1. The monoisotopic (exact) mass is 363 g/mol. The quantitative estimate of drug-likeness (QED) is 0.651. The number of benzene rings is 1. The van der Waals surface area contributed by atoms with Gasteiger partial charge in [-0.15, -0.1) is 11.3 Å². The van der Waals surface area contributed by atoms with Crippen LogP contribution in [-0.4, -0.2) is 32.6 Å². The molecule has 21 heavy (non-hydrogen) atoms. The zero-order valence-electron chi connectivity index (χ0n) is 11.4. The van der Waals surface area contributed by atoms with Gasteiger partial charge in [-0.3, -0.25) is 0 Å². The van der Waals surface area contributed by atoms with Gasteiger partial charge in [0.2, 0.25) is 0 Å².